The van der Waals surface area contributed by atoms with E-state index in [1.165, 1.54) is 10.6 Å². The van der Waals surface area contributed by atoms with Crippen molar-refractivity contribution in [3.63, 3.8) is 0 Å². The van der Waals surface area contributed by atoms with Crippen LogP contribution in [0.25, 0.3) is 0 Å². The molecule has 0 spiro atoms. The van der Waals surface area contributed by atoms with Crippen LogP contribution in [0.4, 0.5) is 0 Å². The maximum absolute atomic E-state index is 4.70. The van der Waals surface area contributed by atoms with Gasteiger partial charge in [0, 0.05) is 21.0 Å². The van der Waals surface area contributed by atoms with Crippen molar-refractivity contribution in [3.8, 4) is 0 Å². The zero-order chi connectivity index (χ0) is 14.2. The standard InChI is InChI=1S/C17H21N2P/c1-3-18-17(19-4-2)20(15-11-7-5-8-12-15)16-13-9-6-10-14-16/h5-14H,3-4H2,1-2H3,(H,18,19). The highest BCUT2D eigenvalue weighted by Gasteiger charge is 2.19. The van der Waals surface area contributed by atoms with Gasteiger partial charge in [-0.15, -0.1) is 0 Å². The first kappa shape index (κ1) is 14.7. The Morgan fingerprint density at radius 2 is 1.40 bits per heavy atom. The summed E-state index contributed by atoms with van der Waals surface area (Å²) in [5.74, 6) is 0. The summed E-state index contributed by atoms with van der Waals surface area (Å²) in [6, 6.07) is 21.3. The van der Waals surface area contributed by atoms with Gasteiger partial charge in [-0.3, -0.25) is 4.99 Å². The largest absolute Gasteiger partial charge is 0.370 e. The molecule has 2 rings (SSSR count). The van der Waals surface area contributed by atoms with E-state index in [1.807, 2.05) is 0 Å². The molecule has 0 heterocycles. The van der Waals surface area contributed by atoms with Crippen LogP contribution in [0.5, 0.6) is 0 Å². The van der Waals surface area contributed by atoms with Crippen LogP contribution in [0.1, 0.15) is 13.8 Å². The van der Waals surface area contributed by atoms with Gasteiger partial charge in [-0.25, -0.2) is 0 Å². The number of hydrogen-bond acceptors (Lipinski definition) is 1. The van der Waals surface area contributed by atoms with Crippen molar-refractivity contribution in [3.05, 3.63) is 60.7 Å². The fraction of sp³-hybridized carbons (Fsp3) is 0.235. The molecule has 2 nitrogen and oxygen atoms in total. The summed E-state index contributed by atoms with van der Waals surface area (Å²) in [6.07, 6.45) is 0. The van der Waals surface area contributed by atoms with Crippen molar-refractivity contribution < 1.29 is 0 Å². The second kappa shape index (κ2) is 7.81. The summed E-state index contributed by atoms with van der Waals surface area (Å²) in [6.45, 7) is 5.91. The lowest BCUT2D eigenvalue weighted by Gasteiger charge is -2.21. The van der Waals surface area contributed by atoms with Gasteiger partial charge >= 0.3 is 0 Å². The Bertz CT molecular complexity index is 498. The van der Waals surface area contributed by atoms with E-state index in [0.717, 1.165) is 18.7 Å². The van der Waals surface area contributed by atoms with Gasteiger partial charge in [0.25, 0.3) is 0 Å². The van der Waals surface area contributed by atoms with E-state index >= 15 is 0 Å². The zero-order valence-electron chi connectivity index (χ0n) is 12.1. The van der Waals surface area contributed by atoms with E-state index in [-0.39, 0.29) is 0 Å². The molecule has 0 fully saturated rings. The second-order valence-corrected chi connectivity index (χ2v) is 6.46. The normalized spacial score (nSPS) is 11.7. The zero-order valence-corrected chi connectivity index (χ0v) is 13.0. The molecule has 0 aliphatic carbocycles. The Hall–Kier alpha value is -1.66. The van der Waals surface area contributed by atoms with Crippen molar-refractivity contribution in [2.45, 2.75) is 13.8 Å². The van der Waals surface area contributed by atoms with Crippen LogP contribution in [0.2, 0.25) is 0 Å². The van der Waals surface area contributed by atoms with Gasteiger partial charge in [-0.2, -0.15) is 0 Å². The van der Waals surface area contributed by atoms with E-state index in [4.69, 9.17) is 4.99 Å². The quantitative estimate of drug-likeness (QED) is 0.509. The molecule has 0 aliphatic rings. The third-order valence-corrected chi connectivity index (χ3v) is 5.24. The van der Waals surface area contributed by atoms with E-state index in [1.54, 1.807) is 0 Å². The van der Waals surface area contributed by atoms with Crippen molar-refractivity contribution in [1.29, 1.82) is 0 Å². The molecule has 3 heteroatoms. The first-order valence-electron chi connectivity index (χ1n) is 7.05. The molecule has 0 saturated heterocycles. The van der Waals surface area contributed by atoms with Gasteiger partial charge in [-0.1, -0.05) is 60.7 Å². The van der Waals surface area contributed by atoms with Crippen LogP contribution in [0.15, 0.2) is 65.7 Å². The Kier molecular flexibility index (Phi) is 5.76. The van der Waals surface area contributed by atoms with Crippen LogP contribution in [-0.4, -0.2) is 18.7 Å². The van der Waals surface area contributed by atoms with E-state index < -0.39 is 7.92 Å². The van der Waals surface area contributed by atoms with Crippen LogP contribution in [0, 0.1) is 0 Å². The highest BCUT2D eigenvalue weighted by atomic mass is 31.1. The number of aliphatic imine (C=N–C) groups is 1. The fourth-order valence-corrected chi connectivity index (χ4v) is 4.39. The number of hydrogen-bond donors (Lipinski definition) is 1. The molecule has 0 aromatic heterocycles. The first-order valence-corrected chi connectivity index (χ1v) is 8.39. The van der Waals surface area contributed by atoms with Gasteiger partial charge in [-0.05, 0) is 24.5 Å². The van der Waals surface area contributed by atoms with Crippen LogP contribution in [0.3, 0.4) is 0 Å². The van der Waals surface area contributed by atoms with Gasteiger partial charge in [0.2, 0.25) is 0 Å². The second-order valence-electron chi connectivity index (χ2n) is 4.33. The lowest BCUT2D eigenvalue weighted by Crippen LogP contribution is -2.29. The summed E-state index contributed by atoms with van der Waals surface area (Å²) >= 11 is 0. The summed E-state index contributed by atoms with van der Waals surface area (Å²) in [5.41, 5.74) is 1.11. The smallest absolute Gasteiger partial charge is 0.128 e. The van der Waals surface area contributed by atoms with Crippen LogP contribution in [-0.2, 0) is 0 Å². The monoisotopic (exact) mass is 284 g/mol. The van der Waals surface area contributed by atoms with E-state index in [9.17, 15) is 0 Å². The molecule has 0 radical (unpaired) electrons. The summed E-state index contributed by atoms with van der Waals surface area (Å²) in [4.78, 5) is 4.70. The molecule has 1 N–H and O–H groups in total. The molecule has 0 unspecified atom stereocenters. The number of rotatable bonds is 5. The fourth-order valence-electron chi connectivity index (χ4n) is 2.06. The molecule has 0 atom stereocenters. The van der Waals surface area contributed by atoms with E-state index in [2.05, 4.69) is 79.8 Å². The van der Waals surface area contributed by atoms with Crippen molar-refractivity contribution in [2.24, 2.45) is 4.99 Å². The predicted octanol–water partition coefficient (Wildman–Crippen LogP) is 3.10. The average Bonchev–Trinajstić information content (AvgIpc) is 2.50. The molecule has 2 aromatic carbocycles. The van der Waals surface area contributed by atoms with Crippen LogP contribution < -0.4 is 15.9 Å². The lowest BCUT2D eigenvalue weighted by molar-refractivity contribution is 0.964. The van der Waals surface area contributed by atoms with Gasteiger partial charge in [0.15, 0.2) is 0 Å². The number of benzene rings is 2. The van der Waals surface area contributed by atoms with Crippen LogP contribution >= 0.6 is 7.92 Å². The van der Waals surface area contributed by atoms with Crippen molar-refractivity contribution in [1.82, 2.24) is 5.32 Å². The van der Waals surface area contributed by atoms with E-state index in [0.29, 0.717) is 0 Å². The van der Waals surface area contributed by atoms with Crippen molar-refractivity contribution >= 4 is 24.1 Å². The third-order valence-electron chi connectivity index (χ3n) is 2.88. The minimum Gasteiger partial charge on any atom is -0.370 e. The Balaban J connectivity index is 2.46. The number of amidine groups is 1. The minimum atomic E-state index is -0.587. The molecular formula is C17H21N2P. The molecule has 0 aliphatic heterocycles. The Morgan fingerprint density at radius 1 is 0.900 bits per heavy atom. The molecule has 0 saturated carbocycles. The van der Waals surface area contributed by atoms with Gasteiger partial charge in [0.1, 0.15) is 5.58 Å². The molecular weight excluding hydrogens is 263 g/mol. The third kappa shape index (κ3) is 3.68. The number of nitrogens with zero attached hydrogens (tertiary/aromatic N) is 1. The molecule has 2 aromatic rings. The number of nitrogens with one attached hydrogen (secondary N) is 1. The minimum absolute atomic E-state index is 0.587. The van der Waals surface area contributed by atoms with Gasteiger partial charge < -0.3 is 5.32 Å². The van der Waals surface area contributed by atoms with Gasteiger partial charge in [0.05, 0.1) is 0 Å². The highest BCUT2D eigenvalue weighted by Crippen LogP contribution is 2.34. The molecule has 104 valence electrons. The highest BCUT2D eigenvalue weighted by molar-refractivity contribution is 7.87. The molecule has 0 bridgehead atoms. The Morgan fingerprint density at radius 3 is 1.80 bits per heavy atom. The summed E-state index contributed by atoms with van der Waals surface area (Å²) in [5, 5.41) is 6.13. The predicted molar refractivity (Wildman–Crippen MR) is 90.7 cm³/mol. The first-order chi connectivity index (χ1) is 9.86. The lowest BCUT2D eigenvalue weighted by atomic mass is 10.4. The van der Waals surface area contributed by atoms with Crippen molar-refractivity contribution in [2.75, 3.05) is 13.1 Å². The summed E-state index contributed by atoms with van der Waals surface area (Å²) in [7, 11) is -0.587. The summed E-state index contributed by atoms with van der Waals surface area (Å²) < 4.78 is 0. The molecule has 20 heavy (non-hydrogen) atoms. The average molecular weight is 284 g/mol. The SMILES string of the molecule is CC/N=C(/NCC)P(c1ccccc1)c1ccccc1. The maximum atomic E-state index is 4.70. The topological polar surface area (TPSA) is 24.4 Å². The Labute approximate surface area is 122 Å². The maximum Gasteiger partial charge on any atom is 0.128 e. The molecule has 0 amide bonds.